The summed E-state index contributed by atoms with van der Waals surface area (Å²) in [6.45, 7) is 2.04. The van der Waals surface area contributed by atoms with Crippen LogP contribution < -0.4 is 5.73 Å². The zero-order chi connectivity index (χ0) is 15.5. The molecule has 0 spiro atoms. The van der Waals surface area contributed by atoms with Crippen LogP contribution in [0.1, 0.15) is 50.5 Å². The van der Waals surface area contributed by atoms with E-state index < -0.39 is 0 Å². The Bertz CT molecular complexity index is 594. The molecule has 2 bridgehead atoms. The van der Waals surface area contributed by atoms with Gasteiger partial charge in [-0.25, -0.2) is 0 Å². The lowest BCUT2D eigenvalue weighted by Gasteiger charge is -2.40. The first-order valence-corrected chi connectivity index (χ1v) is 8.61. The van der Waals surface area contributed by atoms with Crippen LogP contribution in [0.15, 0.2) is 24.3 Å². The highest BCUT2D eigenvalue weighted by atomic mass is 16.3. The van der Waals surface area contributed by atoms with Crippen molar-refractivity contribution in [1.82, 2.24) is 0 Å². The highest BCUT2D eigenvalue weighted by Gasteiger charge is 2.61. The van der Waals surface area contributed by atoms with E-state index in [1.165, 1.54) is 24.8 Å². The number of phenols is 1. The van der Waals surface area contributed by atoms with Crippen LogP contribution in [-0.4, -0.2) is 16.9 Å². The molecule has 3 N–H and O–H groups in total. The van der Waals surface area contributed by atoms with E-state index in [0.29, 0.717) is 17.6 Å². The van der Waals surface area contributed by atoms with Crippen LogP contribution in [0.5, 0.6) is 5.75 Å². The molecule has 3 heteroatoms. The van der Waals surface area contributed by atoms with E-state index in [4.69, 9.17) is 5.73 Å². The average Bonchev–Trinajstić information content (AvgIpc) is 3.02. The van der Waals surface area contributed by atoms with Gasteiger partial charge in [0.25, 0.3) is 0 Å². The molecule has 6 unspecified atom stereocenters. The van der Waals surface area contributed by atoms with Gasteiger partial charge >= 0.3 is 0 Å². The third-order valence-electron chi connectivity index (χ3n) is 6.62. The fourth-order valence-corrected chi connectivity index (χ4v) is 5.38. The van der Waals surface area contributed by atoms with E-state index in [2.05, 4.69) is 0 Å². The number of ketones is 1. The number of fused-ring (bicyclic) bond motifs is 2. The summed E-state index contributed by atoms with van der Waals surface area (Å²) in [5.41, 5.74) is 7.26. The van der Waals surface area contributed by atoms with Gasteiger partial charge in [0, 0.05) is 17.4 Å². The minimum Gasteiger partial charge on any atom is -0.508 e. The van der Waals surface area contributed by atoms with Crippen molar-refractivity contribution < 1.29 is 9.90 Å². The van der Waals surface area contributed by atoms with Gasteiger partial charge in [0.2, 0.25) is 0 Å². The Labute approximate surface area is 131 Å². The Balaban J connectivity index is 1.56. The lowest BCUT2D eigenvalue weighted by Crippen LogP contribution is -2.50. The van der Waals surface area contributed by atoms with E-state index >= 15 is 0 Å². The molecule has 3 aliphatic rings. The molecule has 3 aliphatic carbocycles. The largest absolute Gasteiger partial charge is 0.508 e. The summed E-state index contributed by atoms with van der Waals surface area (Å²) < 4.78 is 0. The van der Waals surface area contributed by atoms with Crippen molar-refractivity contribution in [3.05, 3.63) is 29.8 Å². The van der Waals surface area contributed by atoms with E-state index in [9.17, 15) is 9.90 Å². The Morgan fingerprint density at radius 1 is 1.27 bits per heavy atom. The van der Waals surface area contributed by atoms with Crippen LogP contribution in [-0.2, 0) is 4.79 Å². The van der Waals surface area contributed by atoms with Gasteiger partial charge in [-0.15, -0.1) is 0 Å². The zero-order valence-corrected chi connectivity index (χ0v) is 13.2. The molecule has 0 radical (unpaired) electrons. The molecule has 0 saturated heterocycles. The van der Waals surface area contributed by atoms with Crippen molar-refractivity contribution in [1.29, 1.82) is 0 Å². The summed E-state index contributed by atoms with van der Waals surface area (Å²) in [5.74, 6) is 2.45. The van der Waals surface area contributed by atoms with Gasteiger partial charge in [0.15, 0.2) is 0 Å². The average molecular weight is 299 g/mol. The maximum atomic E-state index is 13.3. The van der Waals surface area contributed by atoms with Crippen LogP contribution in [0.2, 0.25) is 0 Å². The van der Waals surface area contributed by atoms with Gasteiger partial charge in [-0.1, -0.05) is 18.6 Å². The maximum Gasteiger partial charge on any atom is 0.144 e. The van der Waals surface area contributed by atoms with Gasteiger partial charge in [-0.05, 0) is 68.1 Å². The van der Waals surface area contributed by atoms with Gasteiger partial charge in [0.1, 0.15) is 11.5 Å². The minimum absolute atomic E-state index is 0.0311. The number of hydrogen-bond donors (Lipinski definition) is 2. The van der Waals surface area contributed by atoms with Crippen molar-refractivity contribution in [3.8, 4) is 5.75 Å². The first-order chi connectivity index (χ1) is 10.5. The van der Waals surface area contributed by atoms with E-state index in [1.54, 1.807) is 12.1 Å². The second kappa shape index (κ2) is 4.82. The smallest absolute Gasteiger partial charge is 0.144 e. The lowest BCUT2D eigenvalue weighted by atomic mass is 9.64. The Kier molecular flexibility index (Phi) is 3.12. The molecule has 0 aliphatic heterocycles. The molecule has 3 fully saturated rings. The van der Waals surface area contributed by atoms with Gasteiger partial charge < -0.3 is 10.8 Å². The van der Waals surface area contributed by atoms with Crippen molar-refractivity contribution in [2.45, 2.75) is 51.0 Å². The third kappa shape index (κ3) is 1.95. The SMILES string of the molecule is CC(N)C1(C(=O)C2CC2c2ccc(O)cc2)CC2CCC1C2. The molecule has 22 heavy (non-hydrogen) atoms. The normalized spacial score (nSPS) is 40.6. The summed E-state index contributed by atoms with van der Waals surface area (Å²) in [6, 6.07) is 7.30. The van der Waals surface area contributed by atoms with Crippen molar-refractivity contribution in [2.75, 3.05) is 0 Å². The fraction of sp³-hybridized carbons (Fsp3) is 0.632. The molecule has 118 valence electrons. The summed E-state index contributed by atoms with van der Waals surface area (Å²) in [4.78, 5) is 13.3. The quantitative estimate of drug-likeness (QED) is 0.897. The molecule has 0 aromatic heterocycles. The number of carbonyl (C=O) groups excluding carboxylic acids is 1. The van der Waals surface area contributed by atoms with Crippen molar-refractivity contribution >= 4 is 5.78 Å². The Morgan fingerprint density at radius 3 is 2.55 bits per heavy atom. The predicted molar refractivity (Wildman–Crippen MR) is 85.5 cm³/mol. The first kappa shape index (κ1) is 14.3. The number of carbonyl (C=O) groups is 1. The van der Waals surface area contributed by atoms with Crippen LogP contribution >= 0.6 is 0 Å². The van der Waals surface area contributed by atoms with Crippen molar-refractivity contribution in [2.24, 2.45) is 28.9 Å². The lowest BCUT2D eigenvalue weighted by molar-refractivity contribution is -0.134. The second-order valence-electron chi connectivity index (χ2n) is 7.81. The standard InChI is InChI=1S/C19H25NO2/c1-11(20)19(10-12-2-5-14(19)8-12)18(22)17-9-16(17)13-3-6-15(21)7-4-13/h3-4,6-7,11-12,14,16-17,21H,2,5,8-10,20H2,1H3. The first-order valence-electron chi connectivity index (χ1n) is 8.61. The number of rotatable bonds is 4. The Morgan fingerprint density at radius 2 is 2.00 bits per heavy atom. The van der Waals surface area contributed by atoms with Gasteiger partial charge in [-0.2, -0.15) is 0 Å². The highest BCUT2D eigenvalue weighted by Crippen LogP contribution is 2.62. The minimum atomic E-state index is -0.251. The number of hydrogen-bond acceptors (Lipinski definition) is 3. The van der Waals surface area contributed by atoms with E-state index in [1.807, 2.05) is 19.1 Å². The predicted octanol–water partition coefficient (Wildman–Crippen LogP) is 3.22. The molecule has 6 atom stereocenters. The molecular formula is C19H25NO2. The number of phenolic OH excluding ortho intramolecular Hbond substituents is 1. The number of nitrogens with two attached hydrogens (primary N) is 1. The summed E-state index contributed by atoms with van der Waals surface area (Å²) >= 11 is 0. The van der Waals surface area contributed by atoms with Crippen LogP contribution in [0.4, 0.5) is 0 Å². The summed E-state index contributed by atoms with van der Waals surface area (Å²) in [7, 11) is 0. The van der Waals surface area contributed by atoms with Crippen LogP contribution in [0.3, 0.4) is 0 Å². The third-order valence-corrected chi connectivity index (χ3v) is 6.62. The molecule has 3 saturated carbocycles. The van der Waals surface area contributed by atoms with E-state index in [-0.39, 0.29) is 23.1 Å². The van der Waals surface area contributed by atoms with Crippen LogP contribution in [0, 0.1) is 23.2 Å². The monoisotopic (exact) mass is 299 g/mol. The van der Waals surface area contributed by atoms with Gasteiger partial charge in [-0.3, -0.25) is 4.79 Å². The van der Waals surface area contributed by atoms with Crippen molar-refractivity contribution in [3.63, 3.8) is 0 Å². The molecule has 0 heterocycles. The van der Waals surface area contributed by atoms with E-state index in [0.717, 1.165) is 18.8 Å². The number of benzene rings is 1. The Hall–Kier alpha value is -1.35. The molecule has 3 nitrogen and oxygen atoms in total. The fourth-order valence-electron chi connectivity index (χ4n) is 5.38. The number of Topliss-reactive ketones (excluding diaryl/α,β-unsaturated/α-hetero) is 1. The number of aromatic hydroxyl groups is 1. The molecule has 1 aromatic rings. The maximum absolute atomic E-state index is 13.3. The van der Waals surface area contributed by atoms with Crippen LogP contribution in [0.25, 0.3) is 0 Å². The summed E-state index contributed by atoms with van der Waals surface area (Å²) in [6.07, 6.45) is 5.67. The second-order valence-corrected chi connectivity index (χ2v) is 7.81. The molecule has 1 aromatic carbocycles. The highest BCUT2D eigenvalue weighted by molar-refractivity contribution is 5.92. The summed E-state index contributed by atoms with van der Waals surface area (Å²) in [5, 5.41) is 9.41. The topological polar surface area (TPSA) is 63.3 Å². The molecule has 4 rings (SSSR count). The zero-order valence-electron chi connectivity index (χ0n) is 13.2. The molecular weight excluding hydrogens is 274 g/mol. The molecule has 0 amide bonds. The van der Waals surface area contributed by atoms with Gasteiger partial charge in [0.05, 0.1) is 0 Å².